The van der Waals surface area contributed by atoms with Gasteiger partial charge in [-0.1, -0.05) is 37.1 Å². The maximum Gasteiger partial charge on any atom is 0.227 e. The van der Waals surface area contributed by atoms with Crippen LogP contribution in [0.3, 0.4) is 0 Å². The zero-order chi connectivity index (χ0) is 19.1. The number of para-hydroxylation sites is 2. The van der Waals surface area contributed by atoms with E-state index in [0.29, 0.717) is 11.6 Å². The van der Waals surface area contributed by atoms with Crippen LogP contribution < -0.4 is 15.0 Å². The number of piperidine rings is 1. The van der Waals surface area contributed by atoms with Gasteiger partial charge in [-0.25, -0.2) is 4.98 Å². The lowest BCUT2D eigenvalue weighted by molar-refractivity contribution is -0.120. The molecule has 0 spiro atoms. The van der Waals surface area contributed by atoms with Gasteiger partial charge in [0, 0.05) is 25.2 Å². The van der Waals surface area contributed by atoms with Crippen molar-refractivity contribution in [3.05, 3.63) is 47.6 Å². The number of ether oxygens (including phenoxy) is 1. The molecule has 1 aliphatic rings. The molecule has 0 unspecified atom stereocenters. The number of aromatic nitrogens is 1. The topological polar surface area (TPSA) is 54.5 Å². The first kappa shape index (κ1) is 19.5. The van der Waals surface area contributed by atoms with Crippen molar-refractivity contribution in [2.75, 3.05) is 29.9 Å². The third-order valence-corrected chi connectivity index (χ3v) is 5.03. The predicted octanol–water partition coefficient (Wildman–Crippen LogP) is 4.77. The van der Waals surface area contributed by atoms with Gasteiger partial charge in [0.15, 0.2) is 0 Å². The Kier molecular flexibility index (Phi) is 6.93. The Morgan fingerprint density at radius 3 is 2.74 bits per heavy atom. The zero-order valence-electron chi connectivity index (χ0n) is 15.7. The highest BCUT2D eigenvalue weighted by Gasteiger charge is 2.26. The molecule has 0 radical (unpaired) electrons. The van der Waals surface area contributed by atoms with E-state index in [1.54, 1.807) is 6.20 Å². The Labute approximate surface area is 165 Å². The van der Waals surface area contributed by atoms with Gasteiger partial charge >= 0.3 is 0 Å². The molecular formula is C21H26ClN3O2. The van der Waals surface area contributed by atoms with Crippen molar-refractivity contribution in [3.8, 4) is 5.75 Å². The zero-order valence-corrected chi connectivity index (χ0v) is 16.4. The SMILES string of the molecule is CCCCOc1ccccc1NC(=O)C1CCN(c2ccc(Cl)cn2)CC1. The summed E-state index contributed by atoms with van der Waals surface area (Å²) in [6, 6.07) is 11.4. The summed E-state index contributed by atoms with van der Waals surface area (Å²) in [5.74, 6) is 1.71. The molecule has 2 heterocycles. The molecule has 1 fully saturated rings. The van der Waals surface area contributed by atoms with Gasteiger partial charge in [-0.2, -0.15) is 0 Å². The van der Waals surface area contributed by atoms with Crippen LogP contribution in [0.5, 0.6) is 5.75 Å². The van der Waals surface area contributed by atoms with Crippen molar-refractivity contribution in [2.24, 2.45) is 5.92 Å². The second kappa shape index (κ2) is 9.60. The molecule has 5 nitrogen and oxygen atoms in total. The Morgan fingerprint density at radius 1 is 1.26 bits per heavy atom. The largest absolute Gasteiger partial charge is 0.491 e. The third kappa shape index (κ3) is 5.36. The number of amides is 1. The fourth-order valence-electron chi connectivity index (χ4n) is 3.18. The Morgan fingerprint density at radius 2 is 2.04 bits per heavy atom. The summed E-state index contributed by atoms with van der Waals surface area (Å²) < 4.78 is 5.81. The summed E-state index contributed by atoms with van der Waals surface area (Å²) in [7, 11) is 0. The average Bonchev–Trinajstić information content (AvgIpc) is 2.70. The van der Waals surface area contributed by atoms with Gasteiger partial charge in [0.2, 0.25) is 5.91 Å². The monoisotopic (exact) mass is 387 g/mol. The van der Waals surface area contributed by atoms with Crippen LogP contribution in [0.25, 0.3) is 0 Å². The highest BCUT2D eigenvalue weighted by Crippen LogP contribution is 2.27. The lowest BCUT2D eigenvalue weighted by Gasteiger charge is -2.32. The standard InChI is InChI=1S/C21H26ClN3O2/c1-2-3-14-27-19-7-5-4-6-18(19)24-21(26)16-10-12-25(13-11-16)20-9-8-17(22)15-23-20/h4-9,15-16H,2-3,10-14H2,1H3,(H,24,26). The normalized spacial score (nSPS) is 14.8. The minimum absolute atomic E-state index is 0.00255. The first-order valence-corrected chi connectivity index (χ1v) is 9.94. The highest BCUT2D eigenvalue weighted by molar-refractivity contribution is 6.30. The van der Waals surface area contributed by atoms with Gasteiger partial charge in [-0.05, 0) is 43.5 Å². The van der Waals surface area contributed by atoms with Gasteiger partial charge < -0.3 is 15.0 Å². The van der Waals surface area contributed by atoms with E-state index in [2.05, 4.69) is 22.1 Å². The van der Waals surface area contributed by atoms with Gasteiger partial charge in [-0.15, -0.1) is 0 Å². The fourth-order valence-corrected chi connectivity index (χ4v) is 3.29. The number of nitrogens with zero attached hydrogens (tertiary/aromatic N) is 2. The van der Waals surface area contributed by atoms with Gasteiger partial charge in [0.1, 0.15) is 11.6 Å². The molecule has 1 amide bonds. The summed E-state index contributed by atoms with van der Waals surface area (Å²) in [6.45, 7) is 4.40. The molecule has 1 aliphatic heterocycles. The smallest absolute Gasteiger partial charge is 0.227 e. The number of pyridine rings is 1. The number of carbonyl (C=O) groups is 1. The molecule has 2 aromatic rings. The number of halogens is 1. The number of benzene rings is 1. The molecule has 1 saturated heterocycles. The van der Waals surface area contributed by atoms with Crippen LogP contribution in [0.15, 0.2) is 42.6 Å². The highest BCUT2D eigenvalue weighted by atomic mass is 35.5. The summed E-state index contributed by atoms with van der Waals surface area (Å²) >= 11 is 5.90. The molecule has 144 valence electrons. The van der Waals surface area contributed by atoms with Gasteiger partial charge in [0.25, 0.3) is 0 Å². The van der Waals surface area contributed by atoms with Crippen molar-refractivity contribution < 1.29 is 9.53 Å². The summed E-state index contributed by atoms with van der Waals surface area (Å²) in [5, 5.41) is 3.69. The van der Waals surface area contributed by atoms with E-state index in [1.807, 2.05) is 36.4 Å². The Hall–Kier alpha value is -2.27. The molecule has 0 bridgehead atoms. The Balaban J connectivity index is 1.55. The first-order chi connectivity index (χ1) is 13.2. The number of carbonyl (C=O) groups excluding carboxylic acids is 1. The van der Waals surface area contributed by atoms with E-state index >= 15 is 0 Å². The lowest BCUT2D eigenvalue weighted by Crippen LogP contribution is -2.38. The van der Waals surface area contributed by atoms with Gasteiger partial charge in [-0.3, -0.25) is 4.79 Å². The molecule has 0 saturated carbocycles. The molecule has 3 rings (SSSR count). The molecule has 1 aromatic heterocycles. The van der Waals surface area contributed by atoms with E-state index in [9.17, 15) is 4.79 Å². The second-order valence-corrected chi connectivity index (χ2v) is 7.22. The van der Waals surface area contributed by atoms with E-state index in [0.717, 1.165) is 56.0 Å². The van der Waals surface area contributed by atoms with E-state index in [4.69, 9.17) is 16.3 Å². The molecule has 0 aliphatic carbocycles. The van der Waals surface area contributed by atoms with Crippen molar-refractivity contribution >= 4 is 29.0 Å². The molecule has 6 heteroatoms. The van der Waals surface area contributed by atoms with Crippen LogP contribution in [-0.2, 0) is 4.79 Å². The number of hydrogen-bond acceptors (Lipinski definition) is 4. The third-order valence-electron chi connectivity index (χ3n) is 4.80. The van der Waals surface area contributed by atoms with Crippen molar-refractivity contribution in [1.29, 1.82) is 0 Å². The van der Waals surface area contributed by atoms with Gasteiger partial charge in [0.05, 0.1) is 17.3 Å². The summed E-state index contributed by atoms with van der Waals surface area (Å²) in [6.07, 6.45) is 5.34. The van der Waals surface area contributed by atoms with E-state index in [-0.39, 0.29) is 11.8 Å². The second-order valence-electron chi connectivity index (χ2n) is 6.78. The van der Waals surface area contributed by atoms with Crippen molar-refractivity contribution in [3.63, 3.8) is 0 Å². The van der Waals surface area contributed by atoms with Crippen LogP contribution in [0, 0.1) is 5.92 Å². The number of unbranched alkanes of at least 4 members (excludes halogenated alkanes) is 1. The number of anilines is 2. The minimum Gasteiger partial charge on any atom is -0.491 e. The van der Waals surface area contributed by atoms with Crippen molar-refractivity contribution in [1.82, 2.24) is 4.98 Å². The molecular weight excluding hydrogens is 362 g/mol. The van der Waals surface area contributed by atoms with Crippen molar-refractivity contribution in [2.45, 2.75) is 32.6 Å². The summed E-state index contributed by atoms with van der Waals surface area (Å²) in [4.78, 5) is 19.3. The molecule has 27 heavy (non-hydrogen) atoms. The van der Waals surface area contributed by atoms with E-state index < -0.39 is 0 Å². The van der Waals surface area contributed by atoms with Crippen LogP contribution in [-0.4, -0.2) is 30.6 Å². The van der Waals surface area contributed by atoms with Crippen LogP contribution in [0.4, 0.5) is 11.5 Å². The molecule has 1 N–H and O–H groups in total. The van der Waals surface area contributed by atoms with E-state index in [1.165, 1.54) is 0 Å². The van der Waals surface area contributed by atoms with Crippen LogP contribution >= 0.6 is 11.6 Å². The quantitative estimate of drug-likeness (QED) is 0.695. The van der Waals surface area contributed by atoms with Crippen LogP contribution in [0.1, 0.15) is 32.6 Å². The number of rotatable bonds is 7. The average molecular weight is 388 g/mol. The molecule has 0 atom stereocenters. The maximum absolute atomic E-state index is 12.7. The number of nitrogens with one attached hydrogen (secondary N) is 1. The summed E-state index contributed by atoms with van der Waals surface area (Å²) in [5.41, 5.74) is 0.750. The number of hydrogen-bond donors (Lipinski definition) is 1. The fraction of sp³-hybridized carbons (Fsp3) is 0.429. The Bertz CT molecular complexity index is 743. The van der Waals surface area contributed by atoms with Crippen LogP contribution in [0.2, 0.25) is 5.02 Å². The lowest BCUT2D eigenvalue weighted by atomic mass is 9.95. The maximum atomic E-state index is 12.7. The first-order valence-electron chi connectivity index (χ1n) is 9.56. The minimum atomic E-state index is -0.00255. The molecule has 1 aromatic carbocycles. The predicted molar refractivity (Wildman–Crippen MR) is 110 cm³/mol.